The molecule has 2 bridgehead atoms. The summed E-state index contributed by atoms with van der Waals surface area (Å²) >= 11 is 0. The molecule has 7 heteroatoms. The number of hydrogen-bond donors (Lipinski definition) is 1. The predicted molar refractivity (Wildman–Crippen MR) is 180 cm³/mol. The van der Waals surface area contributed by atoms with Gasteiger partial charge in [0.25, 0.3) is 0 Å². The second kappa shape index (κ2) is 14.2. The smallest absolute Gasteiger partial charge is 0.308 e. The Morgan fingerprint density at radius 2 is 1.80 bits per heavy atom. The lowest BCUT2D eigenvalue weighted by atomic mass is 9.51. The number of unbranched alkanes of at least 4 members (excludes halogenated alkanes) is 7. The summed E-state index contributed by atoms with van der Waals surface area (Å²) in [5.74, 6) is 1.14. The summed E-state index contributed by atoms with van der Waals surface area (Å²) in [6.07, 6.45) is 16.4. The van der Waals surface area contributed by atoms with Gasteiger partial charge in [0.2, 0.25) is 5.91 Å². The van der Waals surface area contributed by atoms with E-state index in [2.05, 4.69) is 41.8 Å². The number of nitrogens with zero attached hydrogens (tertiary/aromatic N) is 2. The third-order valence-electron chi connectivity index (χ3n) is 11.4. The number of likely N-dealkylation sites (tertiary alicyclic amines) is 1. The van der Waals surface area contributed by atoms with Crippen LogP contribution >= 0.6 is 0 Å². The number of likely N-dealkylation sites (N-methyl/N-ethyl adjacent to an activating group) is 1. The van der Waals surface area contributed by atoms with Gasteiger partial charge in [-0.1, -0.05) is 74.9 Å². The molecular weight excluding hydrogens is 576 g/mol. The zero-order valence-electron chi connectivity index (χ0n) is 27.8. The van der Waals surface area contributed by atoms with Crippen molar-refractivity contribution < 1.29 is 24.2 Å². The average molecular weight is 629 g/mol. The van der Waals surface area contributed by atoms with Crippen LogP contribution in [-0.4, -0.2) is 65.1 Å². The number of phenolic OH excluding ortho intramolecular Hbond substituents is 1. The van der Waals surface area contributed by atoms with Gasteiger partial charge in [0.05, 0.1) is 6.04 Å². The summed E-state index contributed by atoms with van der Waals surface area (Å²) in [6.45, 7) is 7.09. The van der Waals surface area contributed by atoms with Crippen molar-refractivity contribution in [3.05, 3.63) is 65.7 Å². The second-order valence-corrected chi connectivity index (χ2v) is 14.1. The van der Waals surface area contributed by atoms with Crippen molar-refractivity contribution in [3.8, 4) is 17.2 Å². The van der Waals surface area contributed by atoms with Crippen LogP contribution in [0.5, 0.6) is 17.2 Å². The van der Waals surface area contributed by atoms with Crippen LogP contribution in [0.3, 0.4) is 0 Å². The lowest BCUT2D eigenvalue weighted by Gasteiger charge is -2.60. The van der Waals surface area contributed by atoms with Crippen LogP contribution in [0.25, 0.3) is 0 Å². The van der Waals surface area contributed by atoms with Gasteiger partial charge in [-0.05, 0) is 63.0 Å². The molecule has 46 heavy (non-hydrogen) atoms. The quantitative estimate of drug-likeness (QED) is 0.0979. The minimum atomic E-state index is -0.440. The van der Waals surface area contributed by atoms with Crippen LogP contribution in [0.4, 0.5) is 0 Å². The first-order chi connectivity index (χ1) is 22.3. The lowest BCUT2D eigenvalue weighted by Crippen LogP contribution is -2.68. The van der Waals surface area contributed by atoms with Gasteiger partial charge in [-0.2, -0.15) is 0 Å². The molecule has 248 valence electrons. The highest BCUT2D eigenvalue weighted by Gasteiger charge is 2.67. The van der Waals surface area contributed by atoms with Gasteiger partial charge < -0.3 is 19.5 Å². The number of esters is 1. The number of hydrogen-bond acceptors (Lipinski definition) is 6. The van der Waals surface area contributed by atoms with Crippen LogP contribution in [0, 0.1) is 5.92 Å². The molecule has 2 fully saturated rings. The van der Waals surface area contributed by atoms with E-state index in [1.165, 1.54) is 57.4 Å². The third-order valence-corrected chi connectivity index (χ3v) is 11.4. The fraction of sp³-hybridized carbons (Fsp3) is 0.590. The molecular formula is C39H52N2O5. The number of benzene rings is 2. The van der Waals surface area contributed by atoms with Gasteiger partial charge in [0.15, 0.2) is 11.5 Å². The number of amides is 1. The maximum Gasteiger partial charge on any atom is 0.308 e. The molecule has 1 spiro atoms. The Labute approximate surface area is 274 Å². The molecule has 0 unspecified atom stereocenters. The average Bonchev–Trinajstić information content (AvgIpc) is 3.39. The molecule has 1 N–H and O–H groups in total. The predicted octanol–water partition coefficient (Wildman–Crippen LogP) is 7.12. The van der Waals surface area contributed by atoms with E-state index in [1.807, 2.05) is 18.0 Å². The van der Waals surface area contributed by atoms with Crippen LogP contribution < -0.4 is 9.47 Å². The van der Waals surface area contributed by atoms with E-state index in [1.54, 1.807) is 6.07 Å². The zero-order valence-corrected chi connectivity index (χ0v) is 27.8. The van der Waals surface area contributed by atoms with E-state index in [0.717, 1.165) is 62.7 Å². The summed E-state index contributed by atoms with van der Waals surface area (Å²) < 4.78 is 12.4. The summed E-state index contributed by atoms with van der Waals surface area (Å²) in [5.41, 5.74) is 3.05. The van der Waals surface area contributed by atoms with Crippen molar-refractivity contribution >= 4 is 11.9 Å². The Hall–Kier alpha value is -3.32. The Bertz CT molecular complexity index is 1410. The number of carbonyl (C=O) groups is 2. The topological polar surface area (TPSA) is 79.3 Å². The van der Waals surface area contributed by atoms with E-state index in [-0.39, 0.29) is 35.3 Å². The lowest BCUT2D eigenvalue weighted by molar-refractivity contribution is -0.140. The van der Waals surface area contributed by atoms with Crippen LogP contribution in [0.2, 0.25) is 0 Å². The van der Waals surface area contributed by atoms with E-state index in [0.29, 0.717) is 23.8 Å². The molecule has 2 aromatic rings. The largest absolute Gasteiger partial charge is 0.508 e. The summed E-state index contributed by atoms with van der Waals surface area (Å²) in [6, 6.07) is 12.5. The molecule has 2 aliphatic heterocycles. The van der Waals surface area contributed by atoms with Gasteiger partial charge in [-0.25, -0.2) is 0 Å². The monoisotopic (exact) mass is 628 g/mol. The van der Waals surface area contributed by atoms with E-state index in [9.17, 15) is 14.7 Å². The molecule has 1 saturated heterocycles. The highest BCUT2D eigenvalue weighted by atomic mass is 16.6. The second-order valence-electron chi connectivity index (χ2n) is 14.1. The Morgan fingerprint density at radius 3 is 2.52 bits per heavy atom. The molecule has 1 saturated carbocycles. The van der Waals surface area contributed by atoms with Crippen molar-refractivity contribution in [2.24, 2.45) is 5.92 Å². The first kappa shape index (κ1) is 32.6. The van der Waals surface area contributed by atoms with Crippen molar-refractivity contribution in [1.29, 1.82) is 0 Å². The number of carbonyl (C=O) groups excluding carboxylic acids is 2. The molecule has 4 aliphatic rings. The summed E-state index contributed by atoms with van der Waals surface area (Å²) in [4.78, 5) is 30.1. The molecule has 6 rings (SSSR count). The fourth-order valence-electron chi connectivity index (χ4n) is 9.34. The SMILES string of the molecule is C=CCN1CC[C@]23c4c5c(O)cc(OC(C)=O)c4O[C@H]2[C@H](N(C)C(=O)CCCCCCCCCCc2ccccc2)CC[C@H]3[C@H]1C5. The zero-order chi connectivity index (χ0) is 32.3. The first-order valence-electron chi connectivity index (χ1n) is 17.7. The Balaban J connectivity index is 1.06. The Kier molecular flexibility index (Phi) is 10.1. The third kappa shape index (κ3) is 6.20. The molecule has 2 heterocycles. The standard InChI is InChI=1S/C39H52N2O5/c1-4-23-41-24-22-39-30-20-21-31(38(39)46-37-34(45-27(2)42)26-33(43)29(36(37)39)25-32(30)41)40(3)35(44)19-15-10-8-6-5-7-9-12-16-28-17-13-11-14-18-28/h4,11,13-14,17-18,26,30-32,38,43H,1,5-10,12,15-16,19-25H2,2-3H3/t30-,31+,32+,38-,39-/m0/s1. The number of rotatable bonds is 15. The van der Waals surface area contributed by atoms with Crippen molar-refractivity contribution in [3.63, 3.8) is 0 Å². The normalized spacial score (nSPS) is 25.8. The van der Waals surface area contributed by atoms with Crippen LogP contribution in [0.15, 0.2) is 49.1 Å². The van der Waals surface area contributed by atoms with Crippen molar-refractivity contribution in [2.75, 3.05) is 20.1 Å². The Morgan fingerprint density at radius 1 is 1.09 bits per heavy atom. The molecule has 2 aliphatic carbocycles. The molecule has 0 radical (unpaired) electrons. The van der Waals surface area contributed by atoms with Gasteiger partial charge in [-0.3, -0.25) is 14.5 Å². The fourth-order valence-corrected chi connectivity index (χ4v) is 9.34. The molecule has 5 atom stereocenters. The van der Waals surface area contributed by atoms with Crippen molar-refractivity contribution in [2.45, 2.75) is 120 Å². The van der Waals surface area contributed by atoms with Crippen molar-refractivity contribution in [1.82, 2.24) is 9.80 Å². The molecule has 7 nitrogen and oxygen atoms in total. The molecule has 1 amide bonds. The number of ether oxygens (including phenoxy) is 2. The van der Waals surface area contributed by atoms with E-state index < -0.39 is 5.97 Å². The number of piperidine rings is 1. The van der Waals surface area contributed by atoms with E-state index >= 15 is 0 Å². The number of phenols is 1. The van der Waals surface area contributed by atoms with Crippen LogP contribution in [0.1, 0.15) is 101 Å². The van der Waals surface area contributed by atoms with Gasteiger partial charge in [0.1, 0.15) is 11.9 Å². The summed E-state index contributed by atoms with van der Waals surface area (Å²) in [5, 5.41) is 11.2. The van der Waals surface area contributed by atoms with Crippen LogP contribution in [-0.2, 0) is 27.8 Å². The van der Waals surface area contributed by atoms with Gasteiger partial charge in [0, 0.05) is 55.6 Å². The maximum absolute atomic E-state index is 13.6. The highest BCUT2D eigenvalue weighted by Crippen LogP contribution is 2.65. The minimum absolute atomic E-state index is 0.0723. The van der Waals surface area contributed by atoms with Gasteiger partial charge >= 0.3 is 5.97 Å². The van der Waals surface area contributed by atoms with E-state index in [4.69, 9.17) is 9.47 Å². The maximum atomic E-state index is 13.6. The first-order valence-corrected chi connectivity index (χ1v) is 17.7. The summed E-state index contributed by atoms with van der Waals surface area (Å²) in [7, 11) is 1.95. The molecule has 2 aromatic carbocycles. The molecule has 0 aromatic heterocycles. The minimum Gasteiger partial charge on any atom is -0.508 e. The highest BCUT2D eigenvalue weighted by molar-refractivity contribution is 5.77. The van der Waals surface area contributed by atoms with Gasteiger partial charge in [-0.15, -0.1) is 6.58 Å². The number of aryl methyl sites for hydroxylation is 1. The number of aromatic hydroxyl groups is 1.